The van der Waals surface area contributed by atoms with Crippen LogP contribution in [0, 0.1) is 17.2 Å². The zero-order chi connectivity index (χ0) is 13.2. The van der Waals surface area contributed by atoms with E-state index < -0.39 is 0 Å². The predicted octanol–water partition coefficient (Wildman–Crippen LogP) is 2.65. The van der Waals surface area contributed by atoms with E-state index in [4.69, 9.17) is 10.00 Å². The third kappa shape index (κ3) is 2.13. The molecule has 1 unspecified atom stereocenters. The van der Waals surface area contributed by atoms with Gasteiger partial charge in [-0.1, -0.05) is 0 Å². The van der Waals surface area contributed by atoms with Crippen molar-refractivity contribution in [3.8, 4) is 6.07 Å². The van der Waals surface area contributed by atoms with Crippen molar-refractivity contribution >= 4 is 16.7 Å². The Morgan fingerprint density at radius 2 is 2.37 bits per heavy atom. The van der Waals surface area contributed by atoms with Gasteiger partial charge in [0.1, 0.15) is 0 Å². The van der Waals surface area contributed by atoms with Crippen molar-refractivity contribution in [2.24, 2.45) is 5.92 Å². The minimum atomic E-state index is -0.0570. The van der Waals surface area contributed by atoms with Gasteiger partial charge in [-0.05, 0) is 31.0 Å². The molecule has 0 spiro atoms. The van der Waals surface area contributed by atoms with Gasteiger partial charge in [-0.25, -0.2) is 0 Å². The molecule has 1 atom stereocenters. The molecule has 0 amide bonds. The van der Waals surface area contributed by atoms with E-state index in [9.17, 15) is 4.79 Å². The van der Waals surface area contributed by atoms with E-state index >= 15 is 0 Å². The normalized spacial score (nSPS) is 19.2. The summed E-state index contributed by atoms with van der Waals surface area (Å²) >= 11 is 0. The van der Waals surface area contributed by atoms with E-state index in [1.807, 2.05) is 6.07 Å². The first-order valence-corrected chi connectivity index (χ1v) is 6.43. The van der Waals surface area contributed by atoms with Crippen molar-refractivity contribution in [1.29, 1.82) is 5.26 Å². The molecule has 1 aliphatic heterocycles. The average molecular weight is 254 g/mol. The van der Waals surface area contributed by atoms with Crippen molar-refractivity contribution in [2.45, 2.75) is 12.8 Å². The molecule has 0 aliphatic carbocycles. The van der Waals surface area contributed by atoms with E-state index in [0.717, 1.165) is 30.4 Å². The molecule has 2 aromatic rings. The summed E-state index contributed by atoms with van der Waals surface area (Å²) in [6, 6.07) is 7.45. The van der Waals surface area contributed by atoms with Crippen molar-refractivity contribution in [3.05, 3.63) is 35.5 Å². The summed E-state index contributed by atoms with van der Waals surface area (Å²) in [6.07, 6.45) is 3.55. The van der Waals surface area contributed by atoms with Crippen LogP contribution >= 0.6 is 0 Å². The number of ketones is 1. The second-order valence-corrected chi connectivity index (χ2v) is 4.85. The highest BCUT2D eigenvalue weighted by Gasteiger charge is 2.25. The lowest BCUT2D eigenvalue weighted by Crippen LogP contribution is -2.25. The fourth-order valence-electron chi connectivity index (χ4n) is 2.56. The zero-order valence-corrected chi connectivity index (χ0v) is 10.5. The monoisotopic (exact) mass is 254 g/mol. The molecule has 2 heterocycles. The number of carbonyl (C=O) groups is 1. The van der Waals surface area contributed by atoms with Crippen LogP contribution in [0.1, 0.15) is 28.8 Å². The number of Topliss-reactive ketones (excluding diaryl/α,β-unsaturated/α-hetero) is 1. The number of aromatic amines is 1. The number of fused-ring (bicyclic) bond motifs is 1. The first-order chi connectivity index (χ1) is 9.29. The maximum absolute atomic E-state index is 12.5. The molecule has 19 heavy (non-hydrogen) atoms. The van der Waals surface area contributed by atoms with Gasteiger partial charge in [-0.2, -0.15) is 5.26 Å². The number of H-pyrrole nitrogens is 1. The number of nitrogens with one attached hydrogen (secondary N) is 1. The summed E-state index contributed by atoms with van der Waals surface area (Å²) in [4.78, 5) is 15.6. The van der Waals surface area contributed by atoms with Gasteiger partial charge in [-0.3, -0.25) is 4.79 Å². The first kappa shape index (κ1) is 11.9. The smallest absolute Gasteiger partial charge is 0.170 e. The van der Waals surface area contributed by atoms with Crippen LogP contribution in [0.2, 0.25) is 0 Å². The molecule has 1 aromatic heterocycles. The molecule has 1 N–H and O–H groups in total. The molecule has 4 heteroatoms. The Hall–Kier alpha value is -2.12. The molecule has 1 aliphatic rings. The SMILES string of the molecule is N#Cc1ccc2[nH]cc(C(=O)C3CCCOC3)c2c1. The summed E-state index contributed by atoms with van der Waals surface area (Å²) in [5.41, 5.74) is 2.13. The fourth-order valence-corrected chi connectivity index (χ4v) is 2.56. The highest BCUT2D eigenvalue weighted by molar-refractivity contribution is 6.09. The fraction of sp³-hybridized carbons (Fsp3) is 0.333. The third-order valence-electron chi connectivity index (χ3n) is 3.61. The van der Waals surface area contributed by atoms with Crippen molar-refractivity contribution in [1.82, 2.24) is 4.98 Å². The Bertz CT molecular complexity index is 660. The quantitative estimate of drug-likeness (QED) is 0.838. The van der Waals surface area contributed by atoms with Crippen LogP contribution in [-0.2, 0) is 4.74 Å². The number of nitriles is 1. The molecular weight excluding hydrogens is 240 g/mol. The Kier molecular flexibility index (Phi) is 3.06. The van der Waals surface area contributed by atoms with Crippen LogP contribution in [-0.4, -0.2) is 24.0 Å². The highest BCUT2D eigenvalue weighted by Crippen LogP contribution is 2.25. The van der Waals surface area contributed by atoms with E-state index in [-0.39, 0.29) is 11.7 Å². The summed E-state index contributed by atoms with van der Waals surface area (Å²) in [6.45, 7) is 1.25. The Balaban J connectivity index is 2.00. The molecule has 1 fully saturated rings. The number of hydrogen-bond acceptors (Lipinski definition) is 3. The number of benzene rings is 1. The van der Waals surface area contributed by atoms with Gasteiger partial charge in [-0.15, -0.1) is 0 Å². The molecular formula is C15H14N2O2. The second kappa shape index (κ2) is 4.87. The lowest BCUT2D eigenvalue weighted by molar-refractivity contribution is 0.0462. The van der Waals surface area contributed by atoms with Crippen LogP contribution in [0.15, 0.2) is 24.4 Å². The predicted molar refractivity (Wildman–Crippen MR) is 70.9 cm³/mol. The highest BCUT2D eigenvalue weighted by atomic mass is 16.5. The molecule has 3 rings (SSSR count). The van der Waals surface area contributed by atoms with Gasteiger partial charge in [0.05, 0.1) is 18.2 Å². The minimum Gasteiger partial charge on any atom is -0.381 e. The molecule has 0 saturated carbocycles. The standard InChI is InChI=1S/C15H14N2O2/c16-7-10-3-4-14-12(6-10)13(8-17-14)15(18)11-2-1-5-19-9-11/h3-4,6,8,11,17H,1-2,5,9H2. The van der Waals surface area contributed by atoms with E-state index in [1.54, 1.807) is 18.3 Å². The zero-order valence-electron chi connectivity index (χ0n) is 10.5. The summed E-state index contributed by atoms with van der Waals surface area (Å²) in [5, 5.41) is 9.78. The van der Waals surface area contributed by atoms with Crippen LogP contribution < -0.4 is 0 Å². The molecule has 0 bridgehead atoms. The largest absolute Gasteiger partial charge is 0.381 e. The molecule has 4 nitrogen and oxygen atoms in total. The number of hydrogen-bond donors (Lipinski definition) is 1. The number of nitrogens with zero attached hydrogens (tertiary/aromatic N) is 1. The van der Waals surface area contributed by atoms with Crippen LogP contribution in [0.25, 0.3) is 10.9 Å². The first-order valence-electron chi connectivity index (χ1n) is 6.43. The third-order valence-corrected chi connectivity index (χ3v) is 3.61. The van der Waals surface area contributed by atoms with E-state index in [0.29, 0.717) is 17.7 Å². The van der Waals surface area contributed by atoms with E-state index in [2.05, 4.69) is 11.1 Å². The Morgan fingerprint density at radius 1 is 1.47 bits per heavy atom. The van der Waals surface area contributed by atoms with Gasteiger partial charge in [0.25, 0.3) is 0 Å². The second-order valence-electron chi connectivity index (χ2n) is 4.85. The number of aromatic nitrogens is 1. The van der Waals surface area contributed by atoms with Gasteiger partial charge < -0.3 is 9.72 Å². The summed E-state index contributed by atoms with van der Waals surface area (Å²) in [7, 11) is 0. The maximum Gasteiger partial charge on any atom is 0.170 e. The van der Waals surface area contributed by atoms with Crippen molar-refractivity contribution in [3.63, 3.8) is 0 Å². The van der Waals surface area contributed by atoms with Crippen LogP contribution in [0.4, 0.5) is 0 Å². The Morgan fingerprint density at radius 3 is 3.11 bits per heavy atom. The number of ether oxygens (including phenoxy) is 1. The van der Waals surface area contributed by atoms with Gasteiger partial charge in [0.15, 0.2) is 5.78 Å². The average Bonchev–Trinajstić information content (AvgIpc) is 2.90. The van der Waals surface area contributed by atoms with Gasteiger partial charge in [0, 0.05) is 35.2 Å². The molecule has 1 aromatic carbocycles. The number of rotatable bonds is 2. The van der Waals surface area contributed by atoms with Crippen LogP contribution in [0.5, 0.6) is 0 Å². The maximum atomic E-state index is 12.5. The van der Waals surface area contributed by atoms with Crippen LogP contribution in [0.3, 0.4) is 0 Å². The van der Waals surface area contributed by atoms with Gasteiger partial charge >= 0.3 is 0 Å². The van der Waals surface area contributed by atoms with Gasteiger partial charge in [0.2, 0.25) is 0 Å². The lowest BCUT2D eigenvalue weighted by atomic mass is 9.92. The summed E-state index contributed by atoms with van der Waals surface area (Å²) in [5.74, 6) is 0.0551. The molecule has 1 saturated heterocycles. The lowest BCUT2D eigenvalue weighted by Gasteiger charge is -2.20. The topological polar surface area (TPSA) is 65.9 Å². The molecule has 0 radical (unpaired) electrons. The minimum absolute atomic E-state index is 0.0570. The van der Waals surface area contributed by atoms with E-state index in [1.165, 1.54) is 0 Å². The Labute approximate surface area is 111 Å². The van der Waals surface area contributed by atoms with Crippen molar-refractivity contribution in [2.75, 3.05) is 13.2 Å². The number of carbonyl (C=O) groups excluding carboxylic acids is 1. The van der Waals surface area contributed by atoms with Crippen molar-refractivity contribution < 1.29 is 9.53 Å². The molecule has 96 valence electrons. The summed E-state index contributed by atoms with van der Waals surface area (Å²) < 4.78 is 5.37.